The number of fused-ring (bicyclic) bond motifs is 1. The quantitative estimate of drug-likeness (QED) is 0.447. The van der Waals surface area contributed by atoms with Crippen molar-refractivity contribution in [3.05, 3.63) is 75.4 Å². The maximum Gasteiger partial charge on any atom is 0.0705 e. The van der Waals surface area contributed by atoms with Crippen LogP contribution >= 0.6 is 43.5 Å². The number of aromatic nitrogens is 1. The fourth-order valence-electron chi connectivity index (χ4n) is 2.27. The number of pyridine rings is 1. The molecule has 106 valence electrons. The maximum absolute atomic E-state index is 6.31. The van der Waals surface area contributed by atoms with Crippen molar-refractivity contribution in [2.75, 3.05) is 0 Å². The van der Waals surface area contributed by atoms with Crippen LogP contribution in [0.3, 0.4) is 0 Å². The third-order valence-corrected chi connectivity index (χ3v) is 4.98. The topological polar surface area (TPSA) is 12.9 Å². The highest BCUT2D eigenvalue weighted by atomic mass is 79.9. The first kappa shape index (κ1) is 15.0. The molecule has 1 aromatic heterocycles. The van der Waals surface area contributed by atoms with E-state index in [1.165, 1.54) is 0 Å². The molecular formula is C17H12Br2ClN. The Hall–Kier alpha value is -0.900. The van der Waals surface area contributed by atoms with Crippen molar-refractivity contribution in [2.24, 2.45) is 0 Å². The molecule has 0 saturated carbocycles. The molecule has 1 nitrogen and oxygen atoms in total. The average Bonchev–Trinajstić information content (AvgIpc) is 2.47. The van der Waals surface area contributed by atoms with E-state index < -0.39 is 0 Å². The van der Waals surface area contributed by atoms with Gasteiger partial charge in [-0.15, -0.1) is 0 Å². The van der Waals surface area contributed by atoms with Crippen LogP contribution in [0.5, 0.6) is 0 Å². The van der Waals surface area contributed by atoms with Crippen molar-refractivity contribution in [1.82, 2.24) is 4.98 Å². The summed E-state index contributed by atoms with van der Waals surface area (Å²) in [4.78, 5) is 4.85. The molecule has 0 N–H and O–H groups in total. The molecule has 0 aliphatic rings. The minimum Gasteiger partial charge on any atom is -0.253 e. The summed E-state index contributed by atoms with van der Waals surface area (Å²) in [6.07, 6.45) is 0.798. The van der Waals surface area contributed by atoms with Crippen molar-refractivity contribution in [2.45, 2.75) is 11.2 Å². The molecule has 2 aromatic carbocycles. The van der Waals surface area contributed by atoms with Crippen LogP contribution in [0, 0.1) is 0 Å². The Morgan fingerprint density at radius 3 is 2.67 bits per heavy atom. The van der Waals surface area contributed by atoms with Crippen LogP contribution < -0.4 is 0 Å². The Balaban J connectivity index is 1.87. The van der Waals surface area contributed by atoms with Crippen molar-refractivity contribution in [1.29, 1.82) is 0 Å². The molecular weight excluding hydrogens is 413 g/mol. The van der Waals surface area contributed by atoms with E-state index >= 15 is 0 Å². The van der Waals surface area contributed by atoms with Gasteiger partial charge in [-0.25, -0.2) is 0 Å². The van der Waals surface area contributed by atoms with Gasteiger partial charge < -0.3 is 0 Å². The summed E-state index contributed by atoms with van der Waals surface area (Å²) in [6, 6.07) is 18.3. The van der Waals surface area contributed by atoms with Gasteiger partial charge in [-0.1, -0.05) is 73.8 Å². The molecule has 3 rings (SSSR count). The number of halogens is 3. The van der Waals surface area contributed by atoms with Crippen molar-refractivity contribution in [3.8, 4) is 0 Å². The Kier molecular flexibility index (Phi) is 4.63. The van der Waals surface area contributed by atoms with Gasteiger partial charge in [0.05, 0.1) is 5.52 Å². The Morgan fingerprint density at radius 2 is 1.86 bits per heavy atom. The van der Waals surface area contributed by atoms with E-state index in [1.807, 2.05) is 36.4 Å². The van der Waals surface area contributed by atoms with E-state index in [9.17, 15) is 0 Å². The van der Waals surface area contributed by atoms with Crippen LogP contribution in [0.25, 0.3) is 10.9 Å². The molecule has 0 spiro atoms. The Morgan fingerprint density at radius 1 is 1.05 bits per heavy atom. The first-order chi connectivity index (χ1) is 10.1. The third kappa shape index (κ3) is 3.47. The first-order valence-corrected chi connectivity index (χ1v) is 8.66. The molecule has 0 amide bonds. The number of rotatable bonds is 3. The molecule has 1 unspecified atom stereocenters. The van der Waals surface area contributed by atoms with Gasteiger partial charge in [-0.2, -0.15) is 0 Å². The molecule has 0 bridgehead atoms. The van der Waals surface area contributed by atoms with Crippen molar-refractivity contribution < 1.29 is 0 Å². The zero-order valence-electron chi connectivity index (χ0n) is 11.1. The monoisotopic (exact) mass is 423 g/mol. The lowest BCUT2D eigenvalue weighted by atomic mass is 10.1. The third-order valence-electron chi connectivity index (χ3n) is 3.34. The summed E-state index contributed by atoms with van der Waals surface area (Å²) in [5.74, 6) is 0. The molecule has 0 aliphatic carbocycles. The first-order valence-electron chi connectivity index (χ1n) is 6.57. The van der Waals surface area contributed by atoms with Crippen LogP contribution in [-0.4, -0.2) is 4.98 Å². The van der Waals surface area contributed by atoms with Gasteiger partial charge in [0.2, 0.25) is 0 Å². The summed E-state index contributed by atoms with van der Waals surface area (Å²) in [5.41, 5.74) is 3.15. The van der Waals surface area contributed by atoms with Gasteiger partial charge in [0, 0.05) is 31.8 Å². The predicted octanol–water partition coefficient (Wildman–Crippen LogP) is 6.33. The van der Waals surface area contributed by atoms with E-state index in [4.69, 9.17) is 16.6 Å². The number of alkyl halides is 1. The van der Waals surface area contributed by atoms with Gasteiger partial charge in [-0.3, -0.25) is 4.98 Å². The molecule has 1 heterocycles. The van der Waals surface area contributed by atoms with Crippen LogP contribution in [-0.2, 0) is 6.42 Å². The second kappa shape index (κ2) is 6.47. The Bertz CT molecular complexity index is 789. The number of hydrogen-bond acceptors (Lipinski definition) is 1. The lowest BCUT2D eigenvalue weighted by Crippen LogP contribution is -1.99. The molecule has 3 aromatic rings. The molecule has 4 heteroatoms. The SMILES string of the molecule is Clc1cc(Br)ccc1C(Br)Cc1ccc2ccccc2n1. The molecule has 21 heavy (non-hydrogen) atoms. The lowest BCUT2D eigenvalue weighted by Gasteiger charge is -2.12. The van der Waals surface area contributed by atoms with Crippen LogP contribution in [0.2, 0.25) is 5.02 Å². The highest BCUT2D eigenvalue weighted by Gasteiger charge is 2.13. The minimum absolute atomic E-state index is 0.145. The predicted molar refractivity (Wildman–Crippen MR) is 96.3 cm³/mol. The second-order valence-electron chi connectivity index (χ2n) is 4.83. The van der Waals surface area contributed by atoms with Gasteiger partial charge in [0.15, 0.2) is 0 Å². The van der Waals surface area contributed by atoms with E-state index in [2.05, 4.69) is 50.1 Å². The molecule has 0 aliphatic heterocycles. The Labute approximate surface area is 145 Å². The smallest absolute Gasteiger partial charge is 0.0705 e. The van der Waals surface area contributed by atoms with E-state index in [0.29, 0.717) is 0 Å². The zero-order valence-corrected chi connectivity index (χ0v) is 15.0. The highest BCUT2D eigenvalue weighted by molar-refractivity contribution is 9.10. The fraction of sp³-hybridized carbons (Fsp3) is 0.118. The summed E-state index contributed by atoms with van der Waals surface area (Å²) in [7, 11) is 0. The fourth-order valence-corrected chi connectivity index (χ4v) is 3.94. The van der Waals surface area contributed by atoms with Crippen molar-refractivity contribution >= 4 is 54.4 Å². The van der Waals surface area contributed by atoms with Crippen LogP contribution in [0.1, 0.15) is 16.1 Å². The van der Waals surface area contributed by atoms with Gasteiger partial charge in [0.1, 0.15) is 0 Å². The molecule has 0 saturated heterocycles. The highest BCUT2D eigenvalue weighted by Crippen LogP contribution is 2.33. The number of benzene rings is 2. The summed E-state index contributed by atoms with van der Waals surface area (Å²) >= 11 is 13.5. The average molecular weight is 426 g/mol. The lowest BCUT2D eigenvalue weighted by molar-refractivity contribution is 0.913. The van der Waals surface area contributed by atoms with Crippen LogP contribution in [0.15, 0.2) is 59.1 Å². The van der Waals surface area contributed by atoms with Crippen molar-refractivity contribution in [3.63, 3.8) is 0 Å². The molecule has 0 radical (unpaired) electrons. The largest absolute Gasteiger partial charge is 0.253 e. The van der Waals surface area contributed by atoms with E-state index in [1.54, 1.807) is 0 Å². The number of para-hydroxylation sites is 1. The summed E-state index contributed by atoms with van der Waals surface area (Å²) in [5, 5.41) is 1.92. The van der Waals surface area contributed by atoms with Gasteiger partial charge in [0.25, 0.3) is 0 Å². The zero-order chi connectivity index (χ0) is 14.8. The minimum atomic E-state index is 0.145. The number of nitrogens with zero attached hydrogens (tertiary/aromatic N) is 1. The summed E-state index contributed by atoms with van der Waals surface area (Å²) < 4.78 is 0.986. The normalized spacial score (nSPS) is 12.5. The van der Waals surface area contributed by atoms with Crippen LogP contribution in [0.4, 0.5) is 0 Å². The molecule has 1 atom stereocenters. The second-order valence-corrected chi connectivity index (χ2v) is 7.26. The van der Waals surface area contributed by atoms with Gasteiger partial charge in [-0.05, 0) is 29.8 Å². The maximum atomic E-state index is 6.31. The summed E-state index contributed by atoms with van der Waals surface area (Å²) in [6.45, 7) is 0. The van der Waals surface area contributed by atoms with E-state index in [-0.39, 0.29) is 4.83 Å². The van der Waals surface area contributed by atoms with Gasteiger partial charge >= 0.3 is 0 Å². The molecule has 0 fully saturated rings. The number of hydrogen-bond donors (Lipinski definition) is 0. The van der Waals surface area contributed by atoms with E-state index in [0.717, 1.165) is 38.1 Å². The standard InChI is InChI=1S/C17H12Br2ClN/c18-12-6-8-14(16(20)9-12)15(19)10-13-7-5-11-3-1-2-4-17(11)21-13/h1-9,15H,10H2.